The molecular weight excluding hydrogens is 338 g/mol. The van der Waals surface area contributed by atoms with Crippen LogP contribution < -0.4 is 5.32 Å². The highest BCUT2D eigenvalue weighted by Crippen LogP contribution is 2.19. The van der Waals surface area contributed by atoms with E-state index in [-0.39, 0.29) is 11.8 Å². The van der Waals surface area contributed by atoms with E-state index in [1.807, 2.05) is 24.3 Å². The summed E-state index contributed by atoms with van der Waals surface area (Å²) >= 11 is 0. The Bertz CT molecular complexity index is 889. The summed E-state index contributed by atoms with van der Waals surface area (Å²) < 4.78 is 0. The highest BCUT2D eigenvalue weighted by Gasteiger charge is 2.23. The Labute approximate surface area is 158 Å². The summed E-state index contributed by atoms with van der Waals surface area (Å²) in [5.41, 5.74) is 3.05. The minimum absolute atomic E-state index is 0.0498. The maximum absolute atomic E-state index is 12.3. The van der Waals surface area contributed by atoms with Gasteiger partial charge in [0.1, 0.15) is 0 Å². The summed E-state index contributed by atoms with van der Waals surface area (Å²) in [7, 11) is 1.73. The number of hydrogen-bond acceptors (Lipinski definition) is 3. The Hall–Kier alpha value is -3.39. The lowest BCUT2D eigenvalue weighted by molar-refractivity contribution is -0.125. The van der Waals surface area contributed by atoms with Crippen molar-refractivity contribution in [1.82, 2.24) is 10.2 Å². The number of nitrogens with zero attached hydrogens (tertiary/aromatic N) is 2. The first-order valence-electron chi connectivity index (χ1n) is 8.88. The molecule has 1 aliphatic rings. The monoisotopic (exact) mass is 359 g/mol. The van der Waals surface area contributed by atoms with Gasteiger partial charge in [0.2, 0.25) is 5.91 Å². The highest BCUT2D eigenvalue weighted by molar-refractivity contribution is 5.95. The molecule has 0 saturated heterocycles. The van der Waals surface area contributed by atoms with Gasteiger partial charge in [-0.25, -0.2) is 0 Å². The van der Waals surface area contributed by atoms with Gasteiger partial charge >= 0.3 is 0 Å². The van der Waals surface area contributed by atoms with Crippen LogP contribution in [0.1, 0.15) is 39.9 Å². The average Bonchev–Trinajstić information content (AvgIpc) is 3.51. The van der Waals surface area contributed by atoms with Gasteiger partial charge in [0, 0.05) is 31.3 Å². The fourth-order valence-electron chi connectivity index (χ4n) is 2.57. The second kappa shape index (κ2) is 8.33. The molecule has 0 unspecified atom stereocenters. The van der Waals surface area contributed by atoms with Crippen molar-refractivity contribution in [3.8, 4) is 6.07 Å². The molecule has 1 aliphatic carbocycles. The predicted octanol–water partition coefficient (Wildman–Crippen LogP) is 3.12. The van der Waals surface area contributed by atoms with Crippen LogP contribution in [0, 0.1) is 11.3 Å². The maximum Gasteiger partial charge on any atom is 0.251 e. The number of nitrogens with one attached hydrogen (secondary N) is 1. The number of hydrogen-bond donors (Lipinski definition) is 1. The molecule has 1 saturated carbocycles. The summed E-state index contributed by atoms with van der Waals surface area (Å²) in [6, 6.07) is 16.8. The standard InChI is InChI=1S/C22H21N3O2/c1-25(15-18-4-2-17(14-23)3-5-18)21(26)13-8-16-6-9-19(10-7-16)22(27)24-20-11-12-20/h2-10,13,20H,11-12,15H2,1H3,(H,24,27)/b13-8+. The molecule has 0 aromatic heterocycles. The van der Waals surface area contributed by atoms with E-state index in [0.29, 0.717) is 23.7 Å². The van der Waals surface area contributed by atoms with Crippen molar-refractivity contribution in [3.05, 3.63) is 76.9 Å². The molecule has 5 heteroatoms. The molecule has 1 fully saturated rings. The minimum atomic E-state index is -0.116. The van der Waals surface area contributed by atoms with Crippen molar-refractivity contribution in [2.75, 3.05) is 7.05 Å². The third-order valence-electron chi connectivity index (χ3n) is 4.38. The molecule has 0 heterocycles. The summed E-state index contributed by atoms with van der Waals surface area (Å²) in [5, 5.41) is 11.8. The smallest absolute Gasteiger partial charge is 0.251 e. The molecule has 27 heavy (non-hydrogen) atoms. The van der Waals surface area contributed by atoms with Crippen molar-refractivity contribution in [3.63, 3.8) is 0 Å². The molecular formula is C22H21N3O2. The summed E-state index contributed by atoms with van der Waals surface area (Å²) in [4.78, 5) is 25.8. The zero-order valence-corrected chi connectivity index (χ0v) is 15.2. The van der Waals surface area contributed by atoms with Gasteiger partial charge in [0.15, 0.2) is 0 Å². The van der Waals surface area contributed by atoms with E-state index in [1.165, 1.54) is 6.08 Å². The Balaban J connectivity index is 1.54. The highest BCUT2D eigenvalue weighted by atomic mass is 16.2. The van der Waals surface area contributed by atoms with Crippen LogP contribution in [0.3, 0.4) is 0 Å². The first-order valence-corrected chi connectivity index (χ1v) is 8.88. The van der Waals surface area contributed by atoms with E-state index in [4.69, 9.17) is 5.26 Å². The van der Waals surface area contributed by atoms with Gasteiger partial charge in [-0.3, -0.25) is 9.59 Å². The van der Waals surface area contributed by atoms with Gasteiger partial charge in [-0.1, -0.05) is 24.3 Å². The molecule has 1 N–H and O–H groups in total. The SMILES string of the molecule is CN(Cc1ccc(C#N)cc1)C(=O)/C=C/c1ccc(C(=O)NC2CC2)cc1. The maximum atomic E-state index is 12.3. The normalized spacial score (nSPS) is 13.2. The van der Waals surface area contributed by atoms with E-state index in [9.17, 15) is 9.59 Å². The molecule has 0 atom stereocenters. The first kappa shape index (κ1) is 18.4. The third-order valence-corrected chi connectivity index (χ3v) is 4.38. The predicted molar refractivity (Wildman–Crippen MR) is 104 cm³/mol. The Morgan fingerprint density at radius 2 is 1.81 bits per heavy atom. The minimum Gasteiger partial charge on any atom is -0.349 e. The zero-order valence-electron chi connectivity index (χ0n) is 15.2. The third kappa shape index (κ3) is 5.29. The Morgan fingerprint density at radius 3 is 2.41 bits per heavy atom. The summed E-state index contributed by atoms with van der Waals surface area (Å²) in [5.74, 6) is -0.166. The largest absolute Gasteiger partial charge is 0.349 e. The molecule has 0 radical (unpaired) electrons. The van der Waals surface area contributed by atoms with Crippen molar-refractivity contribution in [1.29, 1.82) is 5.26 Å². The van der Waals surface area contributed by atoms with Crippen LogP contribution in [-0.2, 0) is 11.3 Å². The van der Waals surface area contributed by atoms with Gasteiger partial charge in [0.25, 0.3) is 5.91 Å². The van der Waals surface area contributed by atoms with Crippen LogP contribution >= 0.6 is 0 Å². The van der Waals surface area contributed by atoms with Crippen molar-refractivity contribution in [2.45, 2.75) is 25.4 Å². The quantitative estimate of drug-likeness (QED) is 0.806. The van der Waals surface area contributed by atoms with E-state index in [2.05, 4.69) is 11.4 Å². The molecule has 0 bridgehead atoms. The second-order valence-electron chi connectivity index (χ2n) is 6.71. The summed E-state index contributed by atoms with van der Waals surface area (Å²) in [6.07, 6.45) is 5.37. The van der Waals surface area contributed by atoms with Crippen LogP contribution in [0.15, 0.2) is 54.6 Å². The van der Waals surface area contributed by atoms with E-state index in [0.717, 1.165) is 24.0 Å². The number of likely N-dealkylation sites (N-methyl/N-ethyl adjacent to an activating group) is 1. The number of rotatable bonds is 6. The number of amides is 2. The van der Waals surface area contributed by atoms with Crippen LogP contribution in [0.25, 0.3) is 6.08 Å². The van der Waals surface area contributed by atoms with E-state index in [1.54, 1.807) is 42.3 Å². The van der Waals surface area contributed by atoms with Crippen molar-refractivity contribution < 1.29 is 9.59 Å². The van der Waals surface area contributed by atoms with Crippen LogP contribution in [-0.4, -0.2) is 29.8 Å². The molecule has 2 aromatic rings. The van der Waals surface area contributed by atoms with Crippen molar-refractivity contribution >= 4 is 17.9 Å². The van der Waals surface area contributed by atoms with Gasteiger partial charge in [0.05, 0.1) is 11.6 Å². The van der Waals surface area contributed by atoms with Gasteiger partial charge in [-0.15, -0.1) is 0 Å². The number of benzene rings is 2. The molecule has 136 valence electrons. The molecule has 0 spiro atoms. The van der Waals surface area contributed by atoms with Gasteiger partial charge in [-0.2, -0.15) is 5.26 Å². The number of carbonyl (C=O) groups is 2. The van der Waals surface area contributed by atoms with Crippen LogP contribution in [0.5, 0.6) is 0 Å². The molecule has 2 amide bonds. The van der Waals surface area contributed by atoms with E-state index >= 15 is 0 Å². The average molecular weight is 359 g/mol. The number of nitriles is 1. The lowest BCUT2D eigenvalue weighted by Gasteiger charge is -2.15. The van der Waals surface area contributed by atoms with Crippen LogP contribution in [0.4, 0.5) is 0 Å². The Morgan fingerprint density at radius 1 is 1.15 bits per heavy atom. The molecule has 3 rings (SSSR count). The van der Waals surface area contributed by atoms with E-state index < -0.39 is 0 Å². The molecule has 5 nitrogen and oxygen atoms in total. The van der Waals surface area contributed by atoms with Gasteiger partial charge in [-0.05, 0) is 54.3 Å². The molecule has 0 aliphatic heterocycles. The summed E-state index contributed by atoms with van der Waals surface area (Å²) in [6.45, 7) is 0.467. The topological polar surface area (TPSA) is 73.2 Å². The number of carbonyl (C=O) groups excluding carboxylic acids is 2. The Kier molecular flexibility index (Phi) is 5.68. The van der Waals surface area contributed by atoms with Crippen molar-refractivity contribution in [2.24, 2.45) is 0 Å². The lowest BCUT2D eigenvalue weighted by Crippen LogP contribution is -2.25. The fourth-order valence-corrected chi connectivity index (χ4v) is 2.57. The fraction of sp³-hybridized carbons (Fsp3) is 0.227. The second-order valence-corrected chi connectivity index (χ2v) is 6.71. The zero-order chi connectivity index (χ0) is 19.2. The molecule has 2 aromatic carbocycles. The first-order chi connectivity index (χ1) is 13.0. The van der Waals surface area contributed by atoms with Gasteiger partial charge < -0.3 is 10.2 Å². The van der Waals surface area contributed by atoms with Crippen LogP contribution in [0.2, 0.25) is 0 Å². The lowest BCUT2D eigenvalue weighted by atomic mass is 10.1.